The first-order chi connectivity index (χ1) is 8.42. The van der Waals surface area contributed by atoms with Crippen molar-refractivity contribution in [2.24, 2.45) is 5.41 Å². The van der Waals surface area contributed by atoms with Gasteiger partial charge in [-0.15, -0.1) is 0 Å². The lowest BCUT2D eigenvalue weighted by Crippen LogP contribution is -2.41. The molecule has 2 nitrogen and oxygen atoms in total. The largest absolute Gasteiger partial charge is 0.314 e. The van der Waals surface area contributed by atoms with Crippen LogP contribution >= 0.6 is 0 Å². The quantitative estimate of drug-likeness (QED) is 0.778. The fourth-order valence-corrected chi connectivity index (χ4v) is 2.76. The molecule has 2 heteroatoms. The second-order valence-corrected chi connectivity index (χ2v) is 7.25. The lowest BCUT2D eigenvalue weighted by Gasteiger charge is -2.36. The van der Waals surface area contributed by atoms with Crippen LogP contribution in [0.15, 0.2) is 0 Å². The van der Waals surface area contributed by atoms with Gasteiger partial charge in [0.05, 0.1) is 0 Å². The van der Waals surface area contributed by atoms with Crippen molar-refractivity contribution in [3.63, 3.8) is 0 Å². The van der Waals surface area contributed by atoms with Crippen LogP contribution in [0.4, 0.5) is 0 Å². The van der Waals surface area contributed by atoms with Gasteiger partial charge in [-0.3, -0.25) is 0 Å². The molecule has 0 bridgehead atoms. The summed E-state index contributed by atoms with van der Waals surface area (Å²) in [6.07, 6.45) is 8.04. The van der Waals surface area contributed by atoms with Crippen molar-refractivity contribution in [3.8, 4) is 0 Å². The van der Waals surface area contributed by atoms with Crippen molar-refractivity contribution >= 4 is 0 Å². The molecule has 0 aliphatic heterocycles. The third-order valence-electron chi connectivity index (χ3n) is 4.22. The normalized spacial score (nSPS) is 25.7. The molecule has 0 radical (unpaired) electrons. The number of nitrogens with zero attached hydrogens (tertiary/aromatic N) is 1. The maximum absolute atomic E-state index is 3.67. The smallest absolute Gasteiger partial charge is 0.00933 e. The van der Waals surface area contributed by atoms with E-state index in [0.717, 1.165) is 12.1 Å². The van der Waals surface area contributed by atoms with E-state index in [1.165, 1.54) is 51.6 Å². The van der Waals surface area contributed by atoms with Crippen LogP contribution in [0, 0.1) is 5.41 Å². The van der Waals surface area contributed by atoms with E-state index in [0.29, 0.717) is 5.41 Å². The molecular weight excluding hydrogens is 220 g/mol. The zero-order chi connectivity index (χ0) is 13.6. The minimum absolute atomic E-state index is 0.466. The van der Waals surface area contributed by atoms with Crippen LogP contribution in [0.5, 0.6) is 0 Å². The van der Waals surface area contributed by atoms with E-state index in [-0.39, 0.29) is 0 Å². The zero-order valence-corrected chi connectivity index (χ0v) is 13.3. The van der Waals surface area contributed by atoms with Crippen LogP contribution < -0.4 is 5.32 Å². The Morgan fingerprint density at radius 2 is 1.72 bits per heavy atom. The third-order valence-corrected chi connectivity index (χ3v) is 4.22. The standard InChI is InChI=1S/C16H34N2/c1-6-12-17-14-7-9-15(10-8-14)18(5)13-11-16(2,3)4/h14-15,17H,6-13H2,1-5H3. The highest BCUT2D eigenvalue weighted by molar-refractivity contribution is 4.82. The van der Waals surface area contributed by atoms with E-state index in [2.05, 4.69) is 45.0 Å². The maximum Gasteiger partial charge on any atom is 0.00933 e. The molecule has 108 valence electrons. The summed E-state index contributed by atoms with van der Waals surface area (Å²) >= 11 is 0. The van der Waals surface area contributed by atoms with Gasteiger partial charge >= 0.3 is 0 Å². The second-order valence-electron chi connectivity index (χ2n) is 7.25. The van der Waals surface area contributed by atoms with Crippen LogP contribution in [0.1, 0.15) is 66.2 Å². The van der Waals surface area contributed by atoms with Crippen molar-refractivity contribution in [3.05, 3.63) is 0 Å². The van der Waals surface area contributed by atoms with Gasteiger partial charge in [0, 0.05) is 12.1 Å². The summed E-state index contributed by atoms with van der Waals surface area (Å²) in [5, 5.41) is 3.67. The molecule has 1 aliphatic carbocycles. The lowest BCUT2D eigenvalue weighted by molar-refractivity contribution is 0.156. The minimum Gasteiger partial charge on any atom is -0.314 e. The molecule has 0 unspecified atom stereocenters. The highest BCUT2D eigenvalue weighted by Gasteiger charge is 2.24. The zero-order valence-electron chi connectivity index (χ0n) is 13.3. The van der Waals surface area contributed by atoms with Gasteiger partial charge in [0.15, 0.2) is 0 Å². The second kappa shape index (κ2) is 7.49. The molecule has 18 heavy (non-hydrogen) atoms. The Kier molecular flexibility index (Phi) is 6.65. The summed E-state index contributed by atoms with van der Waals surface area (Å²) < 4.78 is 0. The molecular formula is C16H34N2. The number of rotatable bonds is 6. The first kappa shape index (κ1) is 16.0. The molecule has 1 rings (SSSR count). The molecule has 0 spiro atoms. The van der Waals surface area contributed by atoms with E-state index < -0.39 is 0 Å². The maximum atomic E-state index is 3.67. The predicted octanol–water partition coefficient (Wildman–Crippen LogP) is 3.67. The average molecular weight is 254 g/mol. The average Bonchev–Trinajstić information content (AvgIpc) is 2.33. The first-order valence-electron chi connectivity index (χ1n) is 7.86. The third kappa shape index (κ3) is 6.19. The summed E-state index contributed by atoms with van der Waals surface area (Å²) in [5.41, 5.74) is 0.466. The molecule has 1 N–H and O–H groups in total. The van der Waals surface area contributed by atoms with Crippen LogP contribution in [0.3, 0.4) is 0 Å². The Morgan fingerprint density at radius 1 is 1.11 bits per heavy atom. The monoisotopic (exact) mass is 254 g/mol. The fourth-order valence-electron chi connectivity index (χ4n) is 2.76. The number of nitrogens with one attached hydrogen (secondary N) is 1. The van der Waals surface area contributed by atoms with Gasteiger partial charge in [-0.1, -0.05) is 27.7 Å². The van der Waals surface area contributed by atoms with Crippen LogP contribution in [0.25, 0.3) is 0 Å². The van der Waals surface area contributed by atoms with Gasteiger partial charge < -0.3 is 10.2 Å². The Morgan fingerprint density at radius 3 is 2.22 bits per heavy atom. The summed E-state index contributed by atoms with van der Waals surface area (Å²) in [7, 11) is 2.32. The summed E-state index contributed by atoms with van der Waals surface area (Å²) in [6, 6.07) is 1.62. The topological polar surface area (TPSA) is 15.3 Å². The summed E-state index contributed by atoms with van der Waals surface area (Å²) in [6.45, 7) is 11.7. The van der Waals surface area contributed by atoms with Crippen molar-refractivity contribution in [1.29, 1.82) is 0 Å². The first-order valence-corrected chi connectivity index (χ1v) is 7.86. The van der Waals surface area contributed by atoms with Gasteiger partial charge in [-0.25, -0.2) is 0 Å². The van der Waals surface area contributed by atoms with Crippen LogP contribution in [-0.4, -0.2) is 37.1 Å². The van der Waals surface area contributed by atoms with Gasteiger partial charge in [0.2, 0.25) is 0 Å². The molecule has 0 aromatic carbocycles. The molecule has 0 amide bonds. The molecule has 0 aromatic heterocycles. The Hall–Kier alpha value is -0.0800. The van der Waals surface area contributed by atoms with E-state index in [1.54, 1.807) is 0 Å². The number of hydrogen-bond donors (Lipinski definition) is 1. The van der Waals surface area contributed by atoms with Crippen LogP contribution in [0.2, 0.25) is 0 Å². The Balaban J connectivity index is 2.21. The van der Waals surface area contributed by atoms with Crippen LogP contribution in [-0.2, 0) is 0 Å². The molecule has 1 fully saturated rings. The minimum atomic E-state index is 0.466. The van der Waals surface area contributed by atoms with Gasteiger partial charge in [0.25, 0.3) is 0 Å². The predicted molar refractivity (Wildman–Crippen MR) is 81.0 cm³/mol. The van der Waals surface area contributed by atoms with Gasteiger partial charge in [0.1, 0.15) is 0 Å². The molecule has 1 aliphatic rings. The summed E-state index contributed by atoms with van der Waals surface area (Å²) in [5.74, 6) is 0. The Bertz CT molecular complexity index is 212. The highest BCUT2D eigenvalue weighted by atomic mass is 15.1. The summed E-state index contributed by atoms with van der Waals surface area (Å²) in [4.78, 5) is 2.60. The molecule has 0 saturated heterocycles. The molecule has 1 saturated carbocycles. The molecule has 0 atom stereocenters. The van der Waals surface area contributed by atoms with Crippen molar-refractivity contribution in [1.82, 2.24) is 10.2 Å². The van der Waals surface area contributed by atoms with Crippen molar-refractivity contribution < 1.29 is 0 Å². The van der Waals surface area contributed by atoms with E-state index in [4.69, 9.17) is 0 Å². The Labute approximate surface area is 115 Å². The molecule has 0 heterocycles. The van der Waals surface area contributed by atoms with Gasteiger partial charge in [-0.05, 0) is 64.1 Å². The van der Waals surface area contributed by atoms with Gasteiger partial charge in [-0.2, -0.15) is 0 Å². The lowest BCUT2D eigenvalue weighted by atomic mass is 9.88. The SMILES string of the molecule is CCCNC1CCC(N(C)CCC(C)(C)C)CC1. The van der Waals surface area contributed by atoms with Crippen molar-refractivity contribution in [2.75, 3.05) is 20.1 Å². The van der Waals surface area contributed by atoms with E-state index in [9.17, 15) is 0 Å². The molecule has 0 aromatic rings. The fraction of sp³-hybridized carbons (Fsp3) is 1.00. The van der Waals surface area contributed by atoms with E-state index in [1.807, 2.05) is 0 Å². The number of hydrogen-bond acceptors (Lipinski definition) is 2. The highest BCUT2D eigenvalue weighted by Crippen LogP contribution is 2.25. The van der Waals surface area contributed by atoms with Crippen molar-refractivity contribution in [2.45, 2.75) is 78.3 Å². The van der Waals surface area contributed by atoms with E-state index >= 15 is 0 Å².